The molecule has 0 aliphatic carbocycles. The number of benzene rings is 1. The summed E-state index contributed by atoms with van der Waals surface area (Å²) in [5.41, 5.74) is 2.38. The number of ether oxygens (including phenoxy) is 3. The van der Waals surface area contributed by atoms with E-state index in [1.54, 1.807) is 7.11 Å². The Morgan fingerprint density at radius 2 is 2.00 bits per heavy atom. The second-order valence-electron chi connectivity index (χ2n) is 6.83. The molecular formula is C19H22F3N3O5. The minimum atomic E-state index is -5.08. The van der Waals surface area contributed by atoms with Crippen LogP contribution in [0, 0.1) is 0 Å². The Hall–Kier alpha value is -2.79. The summed E-state index contributed by atoms with van der Waals surface area (Å²) in [5.74, 6) is 0.0350. The summed E-state index contributed by atoms with van der Waals surface area (Å²) in [5, 5.41) is 7.12. The van der Waals surface area contributed by atoms with Crippen molar-refractivity contribution in [2.45, 2.75) is 38.8 Å². The lowest BCUT2D eigenvalue weighted by atomic mass is 10.1. The smallest absolute Gasteiger partial charge is 0.475 e. The lowest BCUT2D eigenvalue weighted by Gasteiger charge is -2.34. The van der Waals surface area contributed by atoms with Gasteiger partial charge < -0.3 is 23.9 Å². The number of carboxylic acid groups (broad SMARTS) is 1. The van der Waals surface area contributed by atoms with Gasteiger partial charge >= 0.3 is 12.1 Å². The van der Waals surface area contributed by atoms with Crippen LogP contribution in [0.2, 0.25) is 0 Å². The standard InChI is InChI=1S/C17H21N3O3.C2HF3O2/c1-12-17-18-8-14(10-21-2)20(17)6-5-19(12)9-13-3-4-15-16(7-13)23-11-22-15;3-2(4,5)1(6)7/h3-4,7-8,12H,5-6,9-11H2,1-2H3;(H,6,7). The van der Waals surface area contributed by atoms with Crippen LogP contribution in [0.1, 0.15) is 30.0 Å². The van der Waals surface area contributed by atoms with Crippen molar-refractivity contribution in [1.82, 2.24) is 14.5 Å². The first-order valence-electron chi connectivity index (χ1n) is 9.16. The van der Waals surface area contributed by atoms with Crippen LogP contribution in [-0.2, 0) is 29.2 Å². The quantitative estimate of drug-likeness (QED) is 0.800. The van der Waals surface area contributed by atoms with E-state index in [0.29, 0.717) is 13.4 Å². The highest BCUT2D eigenvalue weighted by molar-refractivity contribution is 5.73. The molecule has 1 atom stereocenters. The summed E-state index contributed by atoms with van der Waals surface area (Å²) in [6, 6.07) is 6.45. The van der Waals surface area contributed by atoms with E-state index in [9.17, 15) is 13.2 Å². The average Bonchev–Trinajstić information content (AvgIpc) is 3.31. The highest BCUT2D eigenvalue weighted by Crippen LogP contribution is 2.34. The summed E-state index contributed by atoms with van der Waals surface area (Å²) in [6.45, 7) is 5.96. The molecule has 8 nitrogen and oxygen atoms in total. The molecule has 11 heteroatoms. The molecule has 0 spiro atoms. The number of rotatable bonds is 4. The van der Waals surface area contributed by atoms with Gasteiger partial charge in [-0.15, -0.1) is 0 Å². The molecule has 2 aliphatic rings. The third kappa shape index (κ3) is 4.85. The highest BCUT2D eigenvalue weighted by atomic mass is 19.4. The molecule has 1 aromatic carbocycles. The second kappa shape index (κ2) is 8.92. The van der Waals surface area contributed by atoms with Gasteiger partial charge in [0.25, 0.3) is 0 Å². The van der Waals surface area contributed by atoms with Gasteiger partial charge in [0.1, 0.15) is 5.82 Å². The van der Waals surface area contributed by atoms with Gasteiger partial charge in [0, 0.05) is 26.7 Å². The zero-order valence-corrected chi connectivity index (χ0v) is 16.5. The van der Waals surface area contributed by atoms with E-state index in [1.807, 2.05) is 12.3 Å². The van der Waals surface area contributed by atoms with E-state index >= 15 is 0 Å². The Morgan fingerprint density at radius 3 is 2.67 bits per heavy atom. The Labute approximate surface area is 170 Å². The number of nitrogens with zero attached hydrogens (tertiary/aromatic N) is 3. The van der Waals surface area contributed by atoms with Crippen LogP contribution in [-0.4, -0.2) is 52.2 Å². The van der Waals surface area contributed by atoms with Crippen molar-refractivity contribution in [2.75, 3.05) is 20.4 Å². The van der Waals surface area contributed by atoms with Crippen molar-refractivity contribution in [2.24, 2.45) is 0 Å². The van der Waals surface area contributed by atoms with Gasteiger partial charge in [-0.1, -0.05) is 6.07 Å². The zero-order valence-electron chi connectivity index (χ0n) is 16.5. The predicted molar refractivity (Wildman–Crippen MR) is 98.0 cm³/mol. The molecule has 30 heavy (non-hydrogen) atoms. The van der Waals surface area contributed by atoms with Gasteiger partial charge in [-0.25, -0.2) is 9.78 Å². The molecule has 1 N–H and O–H groups in total. The monoisotopic (exact) mass is 429 g/mol. The molecule has 164 valence electrons. The first-order chi connectivity index (χ1) is 14.2. The molecular weight excluding hydrogens is 407 g/mol. The summed E-state index contributed by atoms with van der Waals surface area (Å²) < 4.78 is 50.1. The number of hydrogen-bond acceptors (Lipinski definition) is 6. The molecule has 0 amide bonds. The summed E-state index contributed by atoms with van der Waals surface area (Å²) in [7, 11) is 1.72. The number of carbonyl (C=O) groups is 1. The van der Waals surface area contributed by atoms with Crippen LogP contribution in [0.4, 0.5) is 13.2 Å². The van der Waals surface area contributed by atoms with E-state index in [0.717, 1.165) is 42.7 Å². The van der Waals surface area contributed by atoms with Crippen LogP contribution in [0.5, 0.6) is 11.5 Å². The molecule has 0 radical (unpaired) electrons. The van der Waals surface area contributed by atoms with Crippen LogP contribution in [0.3, 0.4) is 0 Å². The fourth-order valence-electron chi connectivity index (χ4n) is 3.36. The van der Waals surface area contributed by atoms with Crippen molar-refractivity contribution in [1.29, 1.82) is 0 Å². The number of imidazole rings is 1. The Balaban J connectivity index is 0.000000318. The molecule has 1 unspecified atom stereocenters. The topological polar surface area (TPSA) is 86.0 Å². The van der Waals surface area contributed by atoms with Crippen molar-refractivity contribution >= 4 is 5.97 Å². The van der Waals surface area contributed by atoms with Crippen LogP contribution < -0.4 is 9.47 Å². The fraction of sp³-hybridized carbons (Fsp3) is 0.474. The molecule has 0 saturated carbocycles. The maximum absolute atomic E-state index is 10.6. The summed E-state index contributed by atoms with van der Waals surface area (Å²) >= 11 is 0. The number of halogens is 3. The first-order valence-corrected chi connectivity index (χ1v) is 9.16. The van der Waals surface area contributed by atoms with Gasteiger partial charge in [0.05, 0.1) is 24.5 Å². The Kier molecular flexibility index (Phi) is 6.52. The average molecular weight is 429 g/mol. The van der Waals surface area contributed by atoms with Gasteiger partial charge in [0.15, 0.2) is 11.5 Å². The number of alkyl halides is 3. The summed E-state index contributed by atoms with van der Waals surface area (Å²) in [4.78, 5) is 15.9. The Bertz CT molecular complexity index is 900. The largest absolute Gasteiger partial charge is 0.490 e. The van der Waals surface area contributed by atoms with E-state index in [1.165, 1.54) is 5.56 Å². The molecule has 2 aromatic rings. The molecule has 3 heterocycles. The molecule has 1 aromatic heterocycles. The maximum Gasteiger partial charge on any atom is 0.490 e. The van der Waals surface area contributed by atoms with Crippen molar-refractivity contribution in [3.05, 3.63) is 41.5 Å². The molecule has 4 rings (SSSR count). The summed E-state index contributed by atoms with van der Waals surface area (Å²) in [6.07, 6.45) is -3.15. The SMILES string of the molecule is COCc1cnc2n1CCN(Cc1ccc3c(c1)OCO3)C2C.O=C(O)C(F)(F)F. The molecule has 2 aliphatic heterocycles. The molecule has 0 saturated heterocycles. The van der Waals surface area contributed by atoms with Crippen molar-refractivity contribution in [3.8, 4) is 11.5 Å². The normalized spacial score (nSPS) is 17.8. The third-order valence-corrected chi connectivity index (χ3v) is 4.86. The number of aliphatic carboxylic acids is 1. The number of fused-ring (bicyclic) bond motifs is 2. The van der Waals surface area contributed by atoms with Gasteiger partial charge in [-0.05, 0) is 24.6 Å². The minimum absolute atomic E-state index is 0.278. The lowest BCUT2D eigenvalue weighted by Crippen LogP contribution is -2.37. The Morgan fingerprint density at radius 1 is 1.30 bits per heavy atom. The second-order valence-corrected chi connectivity index (χ2v) is 6.83. The number of carboxylic acids is 1. The van der Waals surface area contributed by atoms with E-state index in [-0.39, 0.29) is 6.04 Å². The van der Waals surface area contributed by atoms with Crippen molar-refractivity contribution in [3.63, 3.8) is 0 Å². The lowest BCUT2D eigenvalue weighted by molar-refractivity contribution is -0.192. The van der Waals surface area contributed by atoms with Gasteiger partial charge in [-0.3, -0.25) is 4.90 Å². The number of aromatic nitrogens is 2. The third-order valence-electron chi connectivity index (χ3n) is 4.86. The van der Waals surface area contributed by atoms with E-state index in [2.05, 4.69) is 33.5 Å². The molecule has 0 bridgehead atoms. The first kappa shape index (κ1) is 21.9. The molecule has 0 fully saturated rings. The minimum Gasteiger partial charge on any atom is -0.475 e. The number of methoxy groups -OCH3 is 1. The number of hydrogen-bond donors (Lipinski definition) is 1. The van der Waals surface area contributed by atoms with E-state index in [4.69, 9.17) is 24.1 Å². The van der Waals surface area contributed by atoms with Crippen LogP contribution >= 0.6 is 0 Å². The van der Waals surface area contributed by atoms with Crippen LogP contribution in [0.25, 0.3) is 0 Å². The van der Waals surface area contributed by atoms with E-state index < -0.39 is 12.1 Å². The highest BCUT2D eigenvalue weighted by Gasteiger charge is 2.38. The zero-order chi connectivity index (χ0) is 21.9. The van der Waals surface area contributed by atoms with Gasteiger partial charge in [-0.2, -0.15) is 13.2 Å². The van der Waals surface area contributed by atoms with Crippen molar-refractivity contribution < 1.29 is 37.3 Å². The predicted octanol–water partition coefficient (Wildman–Crippen LogP) is 2.97. The van der Waals surface area contributed by atoms with Gasteiger partial charge in [0.2, 0.25) is 6.79 Å². The maximum atomic E-state index is 10.6. The van der Waals surface area contributed by atoms with Crippen LogP contribution in [0.15, 0.2) is 24.4 Å². The fourth-order valence-corrected chi connectivity index (χ4v) is 3.36.